The predicted molar refractivity (Wildman–Crippen MR) is 75.0 cm³/mol. The average Bonchev–Trinajstić information content (AvgIpc) is 2.34. The van der Waals surface area contributed by atoms with E-state index in [1.165, 1.54) is 17.5 Å². The van der Waals surface area contributed by atoms with Gasteiger partial charge in [-0.15, -0.1) is 11.6 Å². The summed E-state index contributed by atoms with van der Waals surface area (Å²) in [4.78, 5) is 0. The van der Waals surface area contributed by atoms with E-state index in [4.69, 9.17) is 16.3 Å². The Kier molecular flexibility index (Phi) is 7.30. The number of hydrogen-bond acceptors (Lipinski definition) is 1. The molecule has 0 fully saturated rings. The summed E-state index contributed by atoms with van der Waals surface area (Å²) in [7, 11) is 0. The fraction of sp³-hybridized carbons (Fsp3) is 0.600. The fourth-order valence-corrected chi connectivity index (χ4v) is 2.16. The van der Waals surface area contributed by atoms with E-state index in [9.17, 15) is 0 Å². The van der Waals surface area contributed by atoms with E-state index >= 15 is 0 Å². The van der Waals surface area contributed by atoms with Crippen LogP contribution in [0.15, 0.2) is 24.3 Å². The molecular weight excluding hydrogens is 232 g/mol. The lowest BCUT2D eigenvalue weighted by Gasteiger charge is -2.15. The van der Waals surface area contributed by atoms with Gasteiger partial charge in [0.1, 0.15) is 0 Å². The van der Waals surface area contributed by atoms with Crippen LogP contribution in [-0.4, -0.2) is 19.1 Å². The van der Waals surface area contributed by atoms with Gasteiger partial charge in [-0.3, -0.25) is 0 Å². The minimum atomic E-state index is 0.415. The molecule has 0 saturated heterocycles. The SMILES string of the molecule is CCCCOCCC(CCl)c1cccc(C)c1. The van der Waals surface area contributed by atoms with Crippen molar-refractivity contribution in [3.8, 4) is 0 Å². The van der Waals surface area contributed by atoms with Crippen LogP contribution in [0.1, 0.15) is 43.2 Å². The molecule has 0 aromatic heterocycles. The van der Waals surface area contributed by atoms with Gasteiger partial charge in [-0.2, -0.15) is 0 Å². The summed E-state index contributed by atoms with van der Waals surface area (Å²) in [6.45, 7) is 5.98. The first-order valence-corrected chi connectivity index (χ1v) is 7.01. The first kappa shape index (κ1) is 14.5. The van der Waals surface area contributed by atoms with Crippen LogP contribution >= 0.6 is 11.6 Å². The first-order chi connectivity index (χ1) is 8.27. The Bertz CT molecular complexity index is 312. The zero-order chi connectivity index (χ0) is 12.5. The molecule has 0 bridgehead atoms. The maximum Gasteiger partial charge on any atom is 0.0472 e. The first-order valence-electron chi connectivity index (χ1n) is 6.48. The number of aryl methyl sites for hydroxylation is 1. The van der Waals surface area contributed by atoms with E-state index in [0.29, 0.717) is 11.8 Å². The van der Waals surface area contributed by atoms with E-state index in [2.05, 4.69) is 38.1 Å². The number of rotatable bonds is 8. The van der Waals surface area contributed by atoms with E-state index in [1.54, 1.807) is 0 Å². The maximum absolute atomic E-state index is 6.04. The lowest BCUT2D eigenvalue weighted by atomic mass is 9.96. The van der Waals surface area contributed by atoms with Crippen molar-refractivity contribution >= 4 is 11.6 Å². The predicted octanol–water partition coefficient (Wildman–Crippen LogP) is 4.52. The van der Waals surface area contributed by atoms with Crippen molar-refractivity contribution in [1.82, 2.24) is 0 Å². The van der Waals surface area contributed by atoms with E-state index in [-0.39, 0.29) is 0 Å². The van der Waals surface area contributed by atoms with Crippen molar-refractivity contribution in [3.05, 3.63) is 35.4 Å². The van der Waals surface area contributed by atoms with E-state index < -0.39 is 0 Å². The second-order valence-electron chi connectivity index (χ2n) is 4.52. The molecule has 0 spiro atoms. The molecular formula is C15H23ClO. The van der Waals surface area contributed by atoms with Crippen LogP contribution < -0.4 is 0 Å². The largest absolute Gasteiger partial charge is 0.381 e. The maximum atomic E-state index is 6.04. The molecule has 1 aromatic rings. The standard InChI is InChI=1S/C15H23ClO/c1-3-4-9-17-10-8-15(12-16)14-7-5-6-13(2)11-14/h5-7,11,15H,3-4,8-10,12H2,1-2H3. The lowest BCUT2D eigenvalue weighted by molar-refractivity contribution is 0.125. The number of hydrogen-bond donors (Lipinski definition) is 0. The summed E-state index contributed by atoms with van der Waals surface area (Å²) < 4.78 is 5.60. The zero-order valence-electron chi connectivity index (χ0n) is 10.9. The minimum Gasteiger partial charge on any atom is -0.381 e. The van der Waals surface area contributed by atoms with Gasteiger partial charge in [-0.1, -0.05) is 43.2 Å². The quantitative estimate of drug-likeness (QED) is 0.489. The molecule has 0 aliphatic heterocycles. The third-order valence-corrected chi connectivity index (χ3v) is 3.33. The molecule has 96 valence electrons. The Morgan fingerprint density at radius 3 is 2.76 bits per heavy atom. The van der Waals surface area contributed by atoms with Crippen molar-refractivity contribution in [2.45, 2.75) is 39.0 Å². The minimum absolute atomic E-state index is 0.415. The zero-order valence-corrected chi connectivity index (χ0v) is 11.7. The van der Waals surface area contributed by atoms with Crippen molar-refractivity contribution in [2.75, 3.05) is 19.1 Å². The molecule has 1 atom stereocenters. The van der Waals surface area contributed by atoms with Crippen LogP contribution in [0, 0.1) is 6.92 Å². The number of ether oxygens (including phenoxy) is 1. The molecule has 1 nitrogen and oxygen atoms in total. The smallest absolute Gasteiger partial charge is 0.0472 e. The van der Waals surface area contributed by atoms with Crippen LogP contribution in [0.5, 0.6) is 0 Å². The number of alkyl halides is 1. The third kappa shape index (κ3) is 5.56. The number of halogens is 1. The molecule has 17 heavy (non-hydrogen) atoms. The van der Waals surface area contributed by atoms with Crippen LogP contribution in [0.2, 0.25) is 0 Å². The number of unbranched alkanes of at least 4 members (excludes halogenated alkanes) is 1. The van der Waals surface area contributed by atoms with Gasteiger partial charge in [0.25, 0.3) is 0 Å². The summed E-state index contributed by atoms with van der Waals surface area (Å²) in [6, 6.07) is 8.60. The molecule has 2 heteroatoms. The monoisotopic (exact) mass is 254 g/mol. The van der Waals surface area contributed by atoms with Crippen molar-refractivity contribution in [1.29, 1.82) is 0 Å². The van der Waals surface area contributed by atoms with Gasteiger partial charge < -0.3 is 4.74 Å². The van der Waals surface area contributed by atoms with Crippen LogP contribution in [-0.2, 0) is 4.74 Å². The molecule has 0 heterocycles. The van der Waals surface area contributed by atoms with Gasteiger partial charge in [0.15, 0.2) is 0 Å². The van der Waals surface area contributed by atoms with Crippen LogP contribution in [0.25, 0.3) is 0 Å². The summed E-state index contributed by atoms with van der Waals surface area (Å²) in [5.41, 5.74) is 2.63. The van der Waals surface area contributed by atoms with Crippen LogP contribution in [0.4, 0.5) is 0 Å². The van der Waals surface area contributed by atoms with Gasteiger partial charge in [0, 0.05) is 19.1 Å². The van der Waals surface area contributed by atoms with Crippen LogP contribution in [0.3, 0.4) is 0 Å². The molecule has 0 amide bonds. The molecule has 1 aromatic carbocycles. The van der Waals surface area contributed by atoms with Gasteiger partial charge in [-0.05, 0) is 31.2 Å². The summed E-state index contributed by atoms with van der Waals surface area (Å²) in [5.74, 6) is 1.08. The van der Waals surface area contributed by atoms with Crippen molar-refractivity contribution in [2.24, 2.45) is 0 Å². The molecule has 1 rings (SSSR count). The van der Waals surface area contributed by atoms with E-state index in [1.807, 2.05) is 0 Å². The van der Waals surface area contributed by atoms with Crippen molar-refractivity contribution < 1.29 is 4.74 Å². The fourth-order valence-electron chi connectivity index (χ4n) is 1.83. The molecule has 1 unspecified atom stereocenters. The highest BCUT2D eigenvalue weighted by atomic mass is 35.5. The molecule has 0 radical (unpaired) electrons. The summed E-state index contributed by atoms with van der Waals surface area (Å²) >= 11 is 6.04. The second kappa shape index (κ2) is 8.54. The third-order valence-electron chi connectivity index (χ3n) is 2.95. The van der Waals surface area contributed by atoms with Gasteiger partial charge in [0.05, 0.1) is 0 Å². The highest BCUT2D eigenvalue weighted by molar-refractivity contribution is 6.18. The Labute approximate surface area is 110 Å². The van der Waals surface area contributed by atoms with Gasteiger partial charge >= 0.3 is 0 Å². The Morgan fingerprint density at radius 2 is 2.12 bits per heavy atom. The lowest BCUT2D eigenvalue weighted by Crippen LogP contribution is -2.06. The highest BCUT2D eigenvalue weighted by Gasteiger charge is 2.10. The topological polar surface area (TPSA) is 9.23 Å². The molecule has 0 saturated carbocycles. The molecule has 0 N–H and O–H groups in total. The molecule has 0 aliphatic rings. The Hall–Kier alpha value is -0.530. The summed E-state index contributed by atoms with van der Waals surface area (Å²) in [5, 5.41) is 0. The van der Waals surface area contributed by atoms with Gasteiger partial charge in [0.2, 0.25) is 0 Å². The van der Waals surface area contributed by atoms with E-state index in [0.717, 1.165) is 26.1 Å². The van der Waals surface area contributed by atoms with Crippen molar-refractivity contribution in [3.63, 3.8) is 0 Å². The highest BCUT2D eigenvalue weighted by Crippen LogP contribution is 2.22. The second-order valence-corrected chi connectivity index (χ2v) is 4.83. The summed E-state index contributed by atoms with van der Waals surface area (Å²) in [6.07, 6.45) is 3.35. The van der Waals surface area contributed by atoms with Gasteiger partial charge in [-0.25, -0.2) is 0 Å². The molecule has 0 aliphatic carbocycles. The Balaban J connectivity index is 2.38. The average molecular weight is 255 g/mol. The Morgan fingerprint density at radius 1 is 1.29 bits per heavy atom. The normalized spacial score (nSPS) is 12.6. The number of benzene rings is 1.